The first-order valence-electron chi connectivity index (χ1n) is 5.01. The van der Waals surface area contributed by atoms with E-state index < -0.39 is 0 Å². The third kappa shape index (κ3) is 6.58. The molecule has 0 aromatic rings. The first kappa shape index (κ1) is 12.4. The average Bonchev–Trinajstić information content (AvgIpc) is 2.02. The second-order valence-electron chi connectivity index (χ2n) is 4.34. The van der Waals surface area contributed by atoms with Crippen molar-refractivity contribution in [3.63, 3.8) is 0 Å². The van der Waals surface area contributed by atoms with Gasteiger partial charge in [-0.25, -0.2) is 5.43 Å². The summed E-state index contributed by atoms with van der Waals surface area (Å²) < 4.78 is 0. The van der Waals surface area contributed by atoms with E-state index in [-0.39, 0.29) is 11.3 Å². The van der Waals surface area contributed by atoms with Crippen molar-refractivity contribution in [2.45, 2.75) is 47.0 Å². The lowest BCUT2D eigenvalue weighted by Crippen LogP contribution is -2.44. The van der Waals surface area contributed by atoms with Crippen LogP contribution in [0.4, 0.5) is 0 Å². The Hall–Kier alpha value is -0.570. The number of hydrogen-bond acceptors (Lipinski definition) is 2. The molecule has 0 aliphatic heterocycles. The Balaban J connectivity index is 3.38. The summed E-state index contributed by atoms with van der Waals surface area (Å²) in [6.07, 6.45) is 3.52. The molecule has 13 heavy (non-hydrogen) atoms. The van der Waals surface area contributed by atoms with Crippen LogP contribution in [0.2, 0.25) is 0 Å². The topological polar surface area (TPSA) is 41.1 Å². The van der Waals surface area contributed by atoms with Crippen LogP contribution < -0.4 is 10.9 Å². The summed E-state index contributed by atoms with van der Waals surface area (Å²) in [6.45, 7) is 8.71. The first-order valence-corrected chi connectivity index (χ1v) is 5.01. The number of rotatable bonds is 5. The summed E-state index contributed by atoms with van der Waals surface area (Å²) >= 11 is 0. The maximum absolute atomic E-state index is 11.3. The molecule has 3 heteroatoms. The SMILES string of the molecule is CCCCCNNC(=O)C(C)(C)C. The fourth-order valence-electron chi connectivity index (χ4n) is 0.794. The minimum atomic E-state index is -0.308. The van der Waals surface area contributed by atoms with Crippen molar-refractivity contribution in [2.75, 3.05) is 6.54 Å². The molecule has 0 bridgehead atoms. The lowest BCUT2D eigenvalue weighted by Gasteiger charge is -2.17. The van der Waals surface area contributed by atoms with Crippen LogP contribution in [0.3, 0.4) is 0 Å². The molecule has 2 N–H and O–H groups in total. The van der Waals surface area contributed by atoms with Gasteiger partial charge in [-0.3, -0.25) is 10.2 Å². The molecule has 0 spiro atoms. The number of hydrogen-bond donors (Lipinski definition) is 2. The minimum absolute atomic E-state index is 0.0454. The van der Waals surface area contributed by atoms with E-state index in [9.17, 15) is 4.79 Å². The third-order valence-corrected chi connectivity index (χ3v) is 1.79. The number of hydrazine groups is 1. The molecule has 78 valence electrons. The number of amides is 1. The van der Waals surface area contributed by atoms with Crippen LogP contribution in [0.25, 0.3) is 0 Å². The normalized spacial score (nSPS) is 11.4. The zero-order chi connectivity index (χ0) is 10.3. The van der Waals surface area contributed by atoms with Crippen molar-refractivity contribution < 1.29 is 4.79 Å². The Bertz CT molecular complexity index is 149. The molecule has 0 unspecified atom stereocenters. The molecule has 0 aromatic carbocycles. The summed E-state index contributed by atoms with van der Waals surface area (Å²) in [5, 5.41) is 0. The second kappa shape index (κ2) is 5.97. The van der Waals surface area contributed by atoms with Crippen LogP contribution in [0.5, 0.6) is 0 Å². The van der Waals surface area contributed by atoms with Gasteiger partial charge >= 0.3 is 0 Å². The van der Waals surface area contributed by atoms with E-state index >= 15 is 0 Å². The summed E-state index contributed by atoms with van der Waals surface area (Å²) in [7, 11) is 0. The third-order valence-electron chi connectivity index (χ3n) is 1.79. The smallest absolute Gasteiger partial charge is 0.239 e. The second-order valence-corrected chi connectivity index (χ2v) is 4.34. The summed E-state index contributed by atoms with van der Waals surface area (Å²) in [6, 6.07) is 0. The molecule has 0 rings (SSSR count). The van der Waals surface area contributed by atoms with E-state index in [1.165, 1.54) is 12.8 Å². The Kier molecular flexibility index (Phi) is 5.71. The molecular formula is C10H22N2O. The minimum Gasteiger partial charge on any atom is -0.291 e. The van der Waals surface area contributed by atoms with E-state index in [1.807, 2.05) is 20.8 Å². The summed E-state index contributed by atoms with van der Waals surface area (Å²) in [5.74, 6) is 0.0454. The van der Waals surface area contributed by atoms with Gasteiger partial charge in [0.15, 0.2) is 0 Å². The molecule has 0 saturated heterocycles. The molecule has 1 amide bonds. The van der Waals surface area contributed by atoms with Gasteiger partial charge in [-0.15, -0.1) is 0 Å². The fraction of sp³-hybridized carbons (Fsp3) is 0.900. The van der Waals surface area contributed by atoms with E-state index in [2.05, 4.69) is 17.8 Å². The van der Waals surface area contributed by atoms with Gasteiger partial charge in [0.25, 0.3) is 0 Å². The predicted molar refractivity (Wildman–Crippen MR) is 55.1 cm³/mol. The first-order chi connectivity index (χ1) is 5.98. The van der Waals surface area contributed by atoms with Gasteiger partial charge in [0, 0.05) is 12.0 Å². The van der Waals surface area contributed by atoms with Crippen LogP contribution in [0, 0.1) is 5.41 Å². The molecular weight excluding hydrogens is 164 g/mol. The van der Waals surface area contributed by atoms with E-state index in [0.717, 1.165) is 13.0 Å². The molecule has 0 saturated carbocycles. The van der Waals surface area contributed by atoms with Crippen molar-refractivity contribution in [3.05, 3.63) is 0 Å². The van der Waals surface area contributed by atoms with Crippen LogP contribution in [-0.4, -0.2) is 12.5 Å². The highest BCUT2D eigenvalue weighted by molar-refractivity contribution is 5.80. The van der Waals surface area contributed by atoms with E-state index in [1.54, 1.807) is 0 Å². The number of unbranched alkanes of at least 4 members (excludes halogenated alkanes) is 2. The maximum atomic E-state index is 11.3. The number of carbonyl (C=O) groups excluding carboxylic acids is 1. The molecule has 3 nitrogen and oxygen atoms in total. The summed E-state index contributed by atoms with van der Waals surface area (Å²) in [4.78, 5) is 11.3. The van der Waals surface area contributed by atoms with Crippen molar-refractivity contribution in [1.29, 1.82) is 0 Å². The van der Waals surface area contributed by atoms with Crippen LogP contribution in [0.15, 0.2) is 0 Å². The predicted octanol–water partition coefficient (Wildman–Crippen LogP) is 1.84. The zero-order valence-electron chi connectivity index (χ0n) is 9.24. The molecule has 0 radical (unpaired) electrons. The van der Waals surface area contributed by atoms with Crippen LogP contribution in [-0.2, 0) is 4.79 Å². The highest BCUT2D eigenvalue weighted by Crippen LogP contribution is 2.11. The molecule has 0 aromatic heterocycles. The maximum Gasteiger partial charge on any atom is 0.239 e. The lowest BCUT2D eigenvalue weighted by atomic mass is 9.96. The standard InChI is InChI=1S/C10H22N2O/c1-5-6-7-8-11-12-9(13)10(2,3)4/h11H,5-8H2,1-4H3,(H,12,13). The average molecular weight is 186 g/mol. The largest absolute Gasteiger partial charge is 0.291 e. The van der Waals surface area contributed by atoms with Crippen molar-refractivity contribution in [1.82, 2.24) is 10.9 Å². The van der Waals surface area contributed by atoms with Crippen molar-refractivity contribution >= 4 is 5.91 Å². The fourth-order valence-corrected chi connectivity index (χ4v) is 0.794. The number of carbonyl (C=O) groups is 1. The van der Waals surface area contributed by atoms with Gasteiger partial charge in [-0.05, 0) is 6.42 Å². The van der Waals surface area contributed by atoms with E-state index in [4.69, 9.17) is 0 Å². The quantitative estimate of drug-likeness (QED) is 0.508. The van der Waals surface area contributed by atoms with Gasteiger partial charge in [-0.2, -0.15) is 0 Å². The molecule has 0 atom stereocenters. The highest BCUT2D eigenvalue weighted by atomic mass is 16.2. The molecule has 0 heterocycles. The Labute approximate surface area is 81.3 Å². The van der Waals surface area contributed by atoms with E-state index in [0.29, 0.717) is 0 Å². The van der Waals surface area contributed by atoms with Gasteiger partial charge in [0.2, 0.25) is 5.91 Å². The van der Waals surface area contributed by atoms with Gasteiger partial charge in [0.05, 0.1) is 0 Å². The van der Waals surface area contributed by atoms with Gasteiger partial charge in [-0.1, -0.05) is 40.5 Å². The van der Waals surface area contributed by atoms with Gasteiger partial charge in [0.1, 0.15) is 0 Å². The van der Waals surface area contributed by atoms with Crippen molar-refractivity contribution in [3.8, 4) is 0 Å². The Morgan fingerprint density at radius 2 is 1.85 bits per heavy atom. The zero-order valence-corrected chi connectivity index (χ0v) is 9.24. The molecule has 0 fully saturated rings. The van der Waals surface area contributed by atoms with Crippen LogP contribution in [0.1, 0.15) is 47.0 Å². The molecule has 0 aliphatic carbocycles. The van der Waals surface area contributed by atoms with Crippen LogP contribution >= 0.6 is 0 Å². The van der Waals surface area contributed by atoms with Crippen molar-refractivity contribution in [2.24, 2.45) is 5.41 Å². The Morgan fingerprint density at radius 1 is 1.23 bits per heavy atom. The monoisotopic (exact) mass is 186 g/mol. The summed E-state index contributed by atoms with van der Waals surface area (Å²) in [5.41, 5.74) is 5.31. The Morgan fingerprint density at radius 3 is 2.31 bits per heavy atom. The van der Waals surface area contributed by atoms with Gasteiger partial charge < -0.3 is 0 Å². The lowest BCUT2D eigenvalue weighted by molar-refractivity contribution is -0.129. The molecule has 0 aliphatic rings. The highest BCUT2D eigenvalue weighted by Gasteiger charge is 2.20. The number of nitrogens with one attached hydrogen (secondary N) is 2.